The number of benzene rings is 1. The molecule has 0 radical (unpaired) electrons. The minimum absolute atomic E-state index is 0.0905. The molecule has 1 aromatic carbocycles. The number of ketones is 1. The lowest BCUT2D eigenvalue weighted by Crippen LogP contribution is -2.40. The quantitative estimate of drug-likeness (QED) is 0.758. The Kier molecular flexibility index (Phi) is 4.83. The topological polar surface area (TPSA) is 83.8 Å². The first-order chi connectivity index (χ1) is 8.82. The Morgan fingerprint density at radius 3 is 2.21 bits per heavy atom. The Bertz CT molecular complexity index is 489. The molecule has 102 valence electrons. The number of carboxylic acids is 1. The van der Waals surface area contributed by atoms with E-state index in [-0.39, 0.29) is 5.76 Å². The molecule has 2 N–H and O–H groups in total. The molecule has 1 rings (SSSR count). The number of aryl methyl sites for hydroxylation is 1. The summed E-state index contributed by atoms with van der Waals surface area (Å²) in [4.78, 5) is 22.0. The zero-order chi connectivity index (χ0) is 14.6. The Morgan fingerprint density at radius 1 is 1.26 bits per heavy atom. The summed E-state index contributed by atoms with van der Waals surface area (Å²) >= 11 is 0. The predicted octanol–water partition coefficient (Wildman–Crippen LogP) is 1.39. The summed E-state index contributed by atoms with van der Waals surface area (Å²) in [5.41, 5.74) is 1.63. The van der Waals surface area contributed by atoms with Crippen molar-refractivity contribution in [2.75, 3.05) is 0 Å². The lowest BCUT2D eigenvalue weighted by Gasteiger charge is -2.20. The van der Waals surface area contributed by atoms with Gasteiger partial charge in [-0.15, -0.1) is 0 Å². The van der Waals surface area contributed by atoms with Crippen LogP contribution in [-0.4, -0.2) is 34.2 Å². The third-order valence-electron chi connectivity index (χ3n) is 2.59. The SMILES string of the molecule is C=C(OC(C(=O)O)C(O)C(C)=O)c1ccc(C)cc1. The largest absolute Gasteiger partial charge is 0.478 e. The number of hydrogen-bond acceptors (Lipinski definition) is 4. The minimum Gasteiger partial charge on any atom is -0.478 e. The average Bonchev–Trinajstić information content (AvgIpc) is 2.35. The van der Waals surface area contributed by atoms with Crippen LogP contribution in [0.1, 0.15) is 18.1 Å². The summed E-state index contributed by atoms with van der Waals surface area (Å²) < 4.78 is 5.10. The molecule has 0 amide bonds. The van der Waals surface area contributed by atoms with Gasteiger partial charge in [0, 0.05) is 5.56 Å². The Balaban J connectivity index is 2.85. The van der Waals surface area contributed by atoms with Gasteiger partial charge in [0.2, 0.25) is 6.10 Å². The second kappa shape index (κ2) is 6.15. The number of carboxylic acid groups (broad SMARTS) is 1. The van der Waals surface area contributed by atoms with Crippen molar-refractivity contribution < 1.29 is 24.5 Å². The van der Waals surface area contributed by atoms with Gasteiger partial charge in [0.1, 0.15) is 5.76 Å². The molecule has 0 aliphatic heterocycles. The van der Waals surface area contributed by atoms with Crippen molar-refractivity contribution in [3.05, 3.63) is 42.0 Å². The standard InChI is InChI=1S/C14H16O5/c1-8-4-6-11(7-5-8)10(3)19-13(14(17)18)12(16)9(2)15/h4-7,12-13,16H,3H2,1-2H3,(H,17,18). The normalized spacial score (nSPS) is 13.4. The van der Waals surface area contributed by atoms with Crippen molar-refractivity contribution in [2.45, 2.75) is 26.1 Å². The van der Waals surface area contributed by atoms with E-state index in [2.05, 4.69) is 6.58 Å². The number of Topliss-reactive ketones (excluding diaryl/α,β-unsaturated/α-hetero) is 1. The van der Waals surface area contributed by atoms with Crippen LogP contribution >= 0.6 is 0 Å². The first-order valence-electron chi connectivity index (χ1n) is 5.67. The van der Waals surface area contributed by atoms with Crippen LogP contribution in [0.25, 0.3) is 5.76 Å². The molecule has 2 atom stereocenters. The van der Waals surface area contributed by atoms with Gasteiger partial charge in [0.25, 0.3) is 0 Å². The van der Waals surface area contributed by atoms with E-state index >= 15 is 0 Å². The van der Waals surface area contributed by atoms with Gasteiger partial charge in [-0.25, -0.2) is 4.79 Å². The van der Waals surface area contributed by atoms with Crippen molar-refractivity contribution in [2.24, 2.45) is 0 Å². The van der Waals surface area contributed by atoms with E-state index in [4.69, 9.17) is 9.84 Å². The molecule has 0 bridgehead atoms. The molecule has 5 heteroatoms. The van der Waals surface area contributed by atoms with Crippen LogP contribution in [0, 0.1) is 6.92 Å². The predicted molar refractivity (Wildman–Crippen MR) is 69.4 cm³/mol. The van der Waals surface area contributed by atoms with Crippen molar-refractivity contribution in [1.82, 2.24) is 0 Å². The molecule has 2 unspecified atom stereocenters. The summed E-state index contributed by atoms with van der Waals surface area (Å²) in [5, 5.41) is 18.5. The van der Waals surface area contributed by atoms with Gasteiger partial charge >= 0.3 is 5.97 Å². The molecule has 5 nitrogen and oxygen atoms in total. The first kappa shape index (κ1) is 14.9. The fourth-order valence-electron chi connectivity index (χ4n) is 1.42. The maximum atomic E-state index is 11.0. The molecule has 0 fully saturated rings. The Hall–Kier alpha value is -2.14. The van der Waals surface area contributed by atoms with E-state index < -0.39 is 24.0 Å². The van der Waals surface area contributed by atoms with Gasteiger partial charge in [0.05, 0.1) is 0 Å². The Labute approximate surface area is 111 Å². The highest BCUT2D eigenvalue weighted by Crippen LogP contribution is 2.18. The number of rotatable bonds is 6. The Morgan fingerprint density at radius 2 is 1.79 bits per heavy atom. The summed E-state index contributed by atoms with van der Waals surface area (Å²) in [6.45, 7) is 6.62. The molecule has 0 heterocycles. The van der Waals surface area contributed by atoms with Crippen LogP contribution in [0.15, 0.2) is 30.8 Å². The molecule has 19 heavy (non-hydrogen) atoms. The van der Waals surface area contributed by atoms with Crippen molar-refractivity contribution in [1.29, 1.82) is 0 Å². The molecule has 1 aromatic rings. The number of carbonyl (C=O) groups excluding carboxylic acids is 1. The number of aliphatic hydroxyl groups is 1. The van der Waals surface area contributed by atoms with Gasteiger partial charge in [0.15, 0.2) is 11.9 Å². The molecule has 0 saturated carbocycles. The lowest BCUT2D eigenvalue weighted by atomic mass is 10.1. The third-order valence-corrected chi connectivity index (χ3v) is 2.59. The number of hydrogen-bond donors (Lipinski definition) is 2. The van der Waals surface area contributed by atoms with E-state index in [1.165, 1.54) is 0 Å². The zero-order valence-corrected chi connectivity index (χ0v) is 10.8. The smallest absolute Gasteiger partial charge is 0.348 e. The molecule has 0 aliphatic carbocycles. The molecule has 0 saturated heterocycles. The molecular formula is C14H16O5. The molecular weight excluding hydrogens is 248 g/mol. The van der Waals surface area contributed by atoms with Crippen molar-refractivity contribution >= 4 is 17.5 Å². The van der Waals surface area contributed by atoms with E-state index in [0.717, 1.165) is 12.5 Å². The fraction of sp³-hybridized carbons (Fsp3) is 0.286. The van der Waals surface area contributed by atoms with Crippen LogP contribution in [0.4, 0.5) is 0 Å². The summed E-state index contributed by atoms with van der Waals surface area (Å²) in [7, 11) is 0. The van der Waals surface area contributed by atoms with E-state index in [9.17, 15) is 14.7 Å². The monoisotopic (exact) mass is 264 g/mol. The number of ether oxygens (including phenoxy) is 1. The van der Waals surface area contributed by atoms with Gasteiger partial charge in [-0.2, -0.15) is 0 Å². The number of aliphatic hydroxyl groups excluding tert-OH is 1. The second-order valence-electron chi connectivity index (χ2n) is 4.22. The van der Waals surface area contributed by atoms with Crippen LogP contribution < -0.4 is 0 Å². The second-order valence-corrected chi connectivity index (χ2v) is 4.22. The maximum absolute atomic E-state index is 11.0. The highest BCUT2D eigenvalue weighted by atomic mass is 16.5. The molecule has 0 spiro atoms. The summed E-state index contributed by atoms with van der Waals surface area (Å²) in [6, 6.07) is 7.08. The highest BCUT2D eigenvalue weighted by Gasteiger charge is 2.32. The fourth-order valence-corrected chi connectivity index (χ4v) is 1.42. The molecule has 0 aliphatic rings. The van der Waals surface area contributed by atoms with Crippen LogP contribution in [0.3, 0.4) is 0 Å². The zero-order valence-electron chi connectivity index (χ0n) is 10.8. The molecule has 0 aromatic heterocycles. The number of carbonyl (C=O) groups is 2. The highest BCUT2D eigenvalue weighted by molar-refractivity contribution is 5.88. The minimum atomic E-state index is -1.72. The van der Waals surface area contributed by atoms with Crippen molar-refractivity contribution in [3.8, 4) is 0 Å². The van der Waals surface area contributed by atoms with Crippen LogP contribution in [0.2, 0.25) is 0 Å². The van der Waals surface area contributed by atoms with Crippen LogP contribution in [-0.2, 0) is 14.3 Å². The van der Waals surface area contributed by atoms with Gasteiger partial charge in [-0.1, -0.05) is 36.4 Å². The summed E-state index contributed by atoms with van der Waals surface area (Å²) in [5.74, 6) is -2.01. The van der Waals surface area contributed by atoms with Gasteiger partial charge in [-0.3, -0.25) is 4.79 Å². The van der Waals surface area contributed by atoms with E-state index in [1.807, 2.05) is 19.1 Å². The first-order valence-corrected chi connectivity index (χ1v) is 5.67. The van der Waals surface area contributed by atoms with E-state index in [1.54, 1.807) is 12.1 Å². The van der Waals surface area contributed by atoms with Gasteiger partial charge < -0.3 is 14.9 Å². The lowest BCUT2D eigenvalue weighted by molar-refractivity contribution is -0.156. The maximum Gasteiger partial charge on any atom is 0.348 e. The van der Waals surface area contributed by atoms with Crippen LogP contribution in [0.5, 0.6) is 0 Å². The van der Waals surface area contributed by atoms with Gasteiger partial charge in [-0.05, 0) is 13.8 Å². The third kappa shape index (κ3) is 3.93. The average molecular weight is 264 g/mol. The van der Waals surface area contributed by atoms with E-state index in [0.29, 0.717) is 5.56 Å². The van der Waals surface area contributed by atoms with Crippen molar-refractivity contribution in [3.63, 3.8) is 0 Å². The summed E-state index contributed by atoms with van der Waals surface area (Å²) in [6.07, 6.45) is -3.38. The number of aliphatic carboxylic acids is 1.